The highest BCUT2D eigenvalue weighted by Crippen LogP contribution is 2.28. The van der Waals surface area contributed by atoms with Crippen molar-refractivity contribution in [3.63, 3.8) is 0 Å². The number of carbonyl (C=O) groups is 3. The third-order valence-corrected chi connectivity index (χ3v) is 3.43. The van der Waals surface area contributed by atoms with Gasteiger partial charge in [0.05, 0.1) is 18.9 Å². The van der Waals surface area contributed by atoms with E-state index in [4.69, 9.17) is 9.47 Å². The van der Waals surface area contributed by atoms with Crippen molar-refractivity contribution in [2.24, 2.45) is 5.10 Å². The number of amides is 3. The van der Waals surface area contributed by atoms with Gasteiger partial charge in [-0.15, -0.1) is 0 Å². The molecule has 0 radical (unpaired) electrons. The molecule has 0 aliphatic carbocycles. The second kappa shape index (κ2) is 7.43. The molecule has 26 heavy (non-hydrogen) atoms. The number of pyridine rings is 1. The number of benzene rings is 1. The van der Waals surface area contributed by atoms with Crippen molar-refractivity contribution in [1.29, 1.82) is 0 Å². The molecule has 0 atom stereocenters. The van der Waals surface area contributed by atoms with Gasteiger partial charge in [-0.25, -0.2) is 14.6 Å². The van der Waals surface area contributed by atoms with Gasteiger partial charge in [-0.2, -0.15) is 5.10 Å². The van der Waals surface area contributed by atoms with Crippen molar-refractivity contribution in [2.45, 2.75) is 0 Å². The van der Waals surface area contributed by atoms with E-state index < -0.39 is 17.9 Å². The molecule has 0 bridgehead atoms. The summed E-state index contributed by atoms with van der Waals surface area (Å²) in [4.78, 5) is 38.5. The van der Waals surface area contributed by atoms with Crippen molar-refractivity contribution in [3.05, 3.63) is 53.9 Å². The Bertz CT molecular complexity index is 882. The van der Waals surface area contributed by atoms with Gasteiger partial charge in [-0.05, 0) is 35.9 Å². The van der Waals surface area contributed by atoms with Gasteiger partial charge in [0.1, 0.15) is 6.54 Å². The average Bonchev–Trinajstić information content (AvgIpc) is 2.98. The summed E-state index contributed by atoms with van der Waals surface area (Å²) in [5, 5.41) is 7.07. The molecule has 2 aromatic rings. The molecule has 1 aliphatic heterocycles. The second-order valence-electron chi connectivity index (χ2n) is 5.19. The Morgan fingerprint density at radius 2 is 2.00 bits per heavy atom. The van der Waals surface area contributed by atoms with Crippen LogP contribution in [0.3, 0.4) is 0 Å². The van der Waals surface area contributed by atoms with Gasteiger partial charge in [0.25, 0.3) is 0 Å². The fourth-order valence-electron chi connectivity index (χ4n) is 2.16. The highest BCUT2D eigenvalue weighted by molar-refractivity contribution is 6.02. The van der Waals surface area contributed by atoms with Gasteiger partial charge in [0.15, 0.2) is 11.5 Å². The lowest BCUT2D eigenvalue weighted by Gasteiger charge is -2.10. The van der Waals surface area contributed by atoms with E-state index in [-0.39, 0.29) is 12.3 Å². The Morgan fingerprint density at radius 3 is 2.65 bits per heavy atom. The van der Waals surface area contributed by atoms with Gasteiger partial charge in [-0.3, -0.25) is 15.1 Å². The summed E-state index contributed by atoms with van der Waals surface area (Å²) in [5.74, 6) is -0.402. The first-order chi connectivity index (χ1) is 12.6. The average molecular weight is 354 g/mol. The lowest BCUT2D eigenvalue weighted by molar-refractivity contribution is -0.118. The molecule has 0 unspecified atom stereocenters. The quantitative estimate of drug-likeness (QED) is 0.374. The SMILES string of the molecule is COc1cc(/C=N\N2CC(=O)NC2=O)ccc1OC(=O)c1ccncc1. The van der Waals surface area contributed by atoms with Crippen LogP contribution in [0.2, 0.25) is 0 Å². The fraction of sp³-hybridized carbons (Fsp3) is 0.118. The van der Waals surface area contributed by atoms with E-state index in [0.29, 0.717) is 16.9 Å². The van der Waals surface area contributed by atoms with Crippen LogP contribution in [0.5, 0.6) is 11.5 Å². The van der Waals surface area contributed by atoms with Crippen LogP contribution >= 0.6 is 0 Å². The third kappa shape index (κ3) is 3.83. The summed E-state index contributed by atoms with van der Waals surface area (Å²) < 4.78 is 10.6. The topological polar surface area (TPSA) is 110 Å². The number of aromatic nitrogens is 1. The number of nitrogens with zero attached hydrogens (tertiary/aromatic N) is 3. The molecule has 3 rings (SSSR count). The number of imide groups is 1. The Balaban J connectivity index is 1.74. The van der Waals surface area contributed by atoms with Crippen LogP contribution in [0.1, 0.15) is 15.9 Å². The van der Waals surface area contributed by atoms with Crippen LogP contribution < -0.4 is 14.8 Å². The number of esters is 1. The van der Waals surface area contributed by atoms with Crippen LogP contribution in [0, 0.1) is 0 Å². The van der Waals surface area contributed by atoms with E-state index in [9.17, 15) is 14.4 Å². The molecule has 1 fully saturated rings. The molecule has 0 spiro atoms. The summed E-state index contributed by atoms with van der Waals surface area (Å²) in [5.41, 5.74) is 0.954. The van der Waals surface area contributed by atoms with Crippen molar-refractivity contribution in [1.82, 2.24) is 15.3 Å². The number of methoxy groups -OCH3 is 1. The number of hydrogen-bond donors (Lipinski definition) is 1. The van der Waals surface area contributed by atoms with E-state index >= 15 is 0 Å². The molecule has 1 aromatic carbocycles. The minimum Gasteiger partial charge on any atom is -0.493 e. The van der Waals surface area contributed by atoms with Crippen molar-refractivity contribution >= 4 is 24.1 Å². The zero-order chi connectivity index (χ0) is 18.5. The van der Waals surface area contributed by atoms with Crippen molar-refractivity contribution in [3.8, 4) is 11.5 Å². The van der Waals surface area contributed by atoms with Gasteiger partial charge in [-0.1, -0.05) is 0 Å². The summed E-state index contributed by atoms with van der Waals surface area (Å²) >= 11 is 0. The smallest absolute Gasteiger partial charge is 0.344 e. The molecular formula is C17H14N4O5. The molecular weight excluding hydrogens is 340 g/mol. The molecule has 1 aromatic heterocycles. The molecule has 9 heteroatoms. The summed E-state index contributed by atoms with van der Waals surface area (Å²) in [6, 6.07) is 7.28. The van der Waals surface area contributed by atoms with Crippen LogP contribution in [0.25, 0.3) is 0 Å². The maximum atomic E-state index is 12.1. The van der Waals surface area contributed by atoms with E-state index in [1.807, 2.05) is 0 Å². The van der Waals surface area contributed by atoms with Crippen molar-refractivity contribution < 1.29 is 23.9 Å². The largest absolute Gasteiger partial charge is 0.493 e. The van der Waals surface area contributed by atoms with Gasteiger partial charge < -0.3 is 9.47 Å². The Labute approximate surface area is 148 Å². The van der Waals surface area contributed by atoms with E-state index in [1.54, 1.807) is 18.2 Å². The zero-order valence-electron chi connectivity index (χ0n) is 13.7. The van der Waals surface area contributed by atoms with E-state index in [0.717, 1.165) is 5.01 Å². The highest BCUT2D eigenvalue weighted by atomic mass is 16.6. The van der Waals surface area contributed by atoms with Crippen LogP contribution in [-0.4, -0.2) is 47.8 Å². The number of urea groups is 1. The van der Waals surface area contributed by atoms with E-state index in [2.05, 4.69) is 15.4 Å². The Hall–Kier alpha value is -3.75. The Kier molecular flexibility index (Phi) is 4.88. The molecule has 1 N–H and O–H groups in total. The number of rotatable bonds is 5. The fourth-order valence-corrected chi connectivity index (χ4v) is 2.16. The van der Waals surface area contributed by atoms with E-state index in [1.165, 1.54) is 37.9 Å². The molecule has 0 saturated carbocycles. The van der Waals surface area contributed by atoms with Crippen LogP contribution in [0.4, 0.5) is 4.79 Å². The molecule has 1 saturated heterocycles. The maximum absolute atomic E-state index is 12.1. The summed E-state index contributed by atoms with van der Waals surface area (Å²) in [6.07, 6.45) is 4.38. The molecule has 3 amide bonds. The Morgan fingerprint density at radius 1 is 1.23 bits per heavy atom. The molecule has 2 heterocycles. The number of hydrogen-bond acceptors (Lipinski definition) is 7. The normalized spacial score (nSPS) is 13.8. The van der Waals surface area contributed by atoms with Crippen molar-refractivity contribution in [2.75, 3.05) is 13.7 Å². The number of nitrogens with one attached hydrogen (secondary N) is 1. The third-order valence-electron chi connectivity index (χ3n) is 3.43. The second-order valence-corrected chi connectivity index (χ2v) is 5.19. The first-order valence-electron chi connectivity index (χ1n) is 7.52. The maximum Gasteiger partial charge on any atom is 0.344 e. The monoisotopic (exact) mass is 354 g/mol. The standard InChI is InChI=1S/C17H14N4O5/c1-25-14-8-11(9-19-21-10-15(22)20-17(21)24)2-3-13(14)26-16(23)12-4-6-18-7-5-12/h2-9H,10H2,1H3,(H,20,22,24)/b19-9-. The number of ether oxygens (including phenoxy) is 2. The highest BCUT2D eigenvalue weighted by Gasteiger charge is 2.25. The first-order valence-corrected chi connectivity index (χ1v) is 7.52. The summed E-state index contributed by atoms with van der Waals surface area (Å²) in [7, 11) is 1.44. The van der Waals surface area contributed by atoms with Crippen LogP contribution in [-0.2, 0) is 4.79 Å². The minimum absolute atomic E-state index is 0.131. The number of hydrazone groups is 1. The first kappa shape index (κ1) is 17.1. The molecule has 1 aliphatic rings. The summed E-state index contributed by atoms with van der Waals surface area (Å²) in [6.45, 7) is -0.131. The predicted octanol–water partition coefficient (Wildman–Crippen LogP) is 1.20. The molecule has 132 valence electrons. The molecule has 9 nitrogen and oxygen atoms in total. The van der Waals surface area contributed by atoms with Gasteiger partial charge in [0.2, 0.25) is 5.91 Å². The van der Waals surface area contributed by atoms with Gasteiger partial charge in [0, 0.05) is 12.4 Å². The lowest BCUT2D eigenvalue weighted by atomic mass is 10.2. The van der Waals surface area contributed by atoms with Crippen LogP contribution in [0.15, 0.2) is 47.8 Å². The van der Waals surface area contributed by atoms with Gasteiger partial charge >= 0.3 is 12.0 Å². The minimum atomic E-state index is -0.582. The predicted molar refractivity (Wildman–Crippen MR) is 90.0 cm³/mol. The zero-order valence-corrected chi connectivity index (χ0v) is 13.7. The lowest BCUT2D eigenvalue weighted by Crippen LogP contribution is -2.24. The number of carbonyl (C=O) groups excluding carboxylic acids is 3.